The summed E-state index contributed by atoms with van der Waals surface area (Å²) in [5.74, 6) is 0. The van der Waals surface area contributed by atoms with E-state index in [-0.39, 0.29) is 0 Å². The van der Waals surface area contributed by atoms with Crippen molar-refractivity contribution in [3.63, 3.8) is 0 Å². The Hall–Kier alpha value is -0.0400. The summed E-state index contributed by atoms with van der Waals surface area (Å²) in [6.45, 7) is 11.9. The summed E-state index contributed by atoms with van der Waals surface area (Å²) in [5.41, 5.74) is 0.468. The van der Waals surface area contributed by atoms with Gasteiger partial charge in [-0.1, -0.05) is 20.8 Å². The molecule has 1 heteroatoms. The van der Waals surface area contributed by atoms with Crippen molar-refractivity contribution in [2.24, 2.45) is 5.41 Å². The molecule has 0 rings (SSSR count). The third kappa shape index (κ3) is 7.96. The lowest BCUT2D eigenvalue weighted by atomic mass is 9.92. The van der Waals surface area contributed by atoms with E-state index in [0.29, 0.717) is 5.41 Å². The van der Waals surface area contributed by atoms with Gasteiger partial charge in [0, 0.05) is 6.54 Å². The third-order valence-corrected chi connectivity index (χ3v) is 1.22. The molecule has 0 aromatic rings. The third-order valence-electron chi connectivity index (χ3n) is 1.22. The highest BCUT2D eigenvalue weighted by Gasteiger charge is 2.07. The second-order valence-electron chi connectivity index (χ2n) is 3.55. The lowest BCUT2D eigenvalue weighted by Gasteiger charge is -2.17. The van der Waals surface area contributed by atoms with Crippen molar-refractivity contribution in [1.82, 2.24) is 5.32 Å². The van der Waals surface area contributed by atoms with Gasteiger partial charge >= 0.3 is 0 Å². The second-order valence-corrected chi connectivity index (χ2v) is 3.55. The molecule has 0 unspecified atom stereocenters. The molecule has 55 valence electrons. The molecule has 0 bridgehead atoms. The van der Waals surface area contributed by atoms with Crippen LogP contribution in [-0.4, -0.2) is 6.54 Å². The van der Waals surface area contributed by atoms with E-state index in [0.717, 1.165) is 6.54 Å². The van der Waals surface area contributed by atoms with E-state index < -0.39 is 0 Å². The van der Waals surface area contributed by atoms with E-state index in [1.54, 1.807) is 0 Å². The first-order chi connectivity index (χ1) is 4.06. The average molecular weight is 128 g/mol. The van der Waals surface area contributed by atoms with E-state index in [1.807, 2.05) is 13.5 Å². The van der Waals surface area contributed by atoms with E-state index in [2.05, 4.69) is 26.1 Å². The Morgan fingerprint density at radius 2 is 1.89 bits per heavy atom. The molecule has 0 amide bonds. The zero-order chi connectivity index (χ0) is 7.33. The molecule has 1 nitrogen and oxygen atoms in total. The maximum Gasteiger partial charge on any atom is 0.0190 e. The van der Waals surface area contributed by atoms with Gasteiger partial charge in [-0.2, -0.15) is 0 Å². The SMILES string of the molecule is C[CH]NCCC(C)(C)C. The van der Waals surface area contributed by atoms with Crippen LogP contribution in [0.1, 0.15) is 34.1 Å². The van der Waals surface area contributed by atoms with Gasteiger partial charge in [-0.25, -0.2) is 0 Å². The van der Waals surface area contributed by atoms with Crippen molar-refractivity contribution >= 4 is 0 Å². The Balaban J connectivity index is 3.07. The Kier molecular flexibility index (Phi) is 3.87. The van der Waals surface area contributed by atoms with Gasteiger partial charge in [0.25, 0.3) is 0 Å². The minimum Gasteiger partial charge on any atom is -0.313 e. The first kappa shape index (κ1) is 8.96. The van der Waals surface area contributed by atoms with E-state index in [9.17, 15) is 0 Å². The fourth-order valence-corrected chi connectivity index (χ4v) is 0.592. The molecule has 9 heavy (non-hydrogen) atoms. The zero-order valence-electron chi connectivity index (χ0n) is 6.99. The molecule has 0 aliphatic rings. The molecule has 0 aliphatic heterocycles. The zero-order valence-corrected chi connectivity index (χ0v) is 6.99. The predicted octanol–water partition coefficient (Wildman–Crippen LogP) is 2.19. The van der Waals surface area contributed by atoms with Crippen LogP contribution in [0.25, 0.3) is 0 Å². The molecule has 0 heterocycles. The summed E-state index contributed by atoms with van der Waals surface area (Å²) in [4.78, 5) is 0. The quantitative estimate of drug-likeness (QED) is 0.574. The van der Waals surface area contributed by atoms with Crippen molar-refractivity contribution in [1.29, 1.82) is 0 Å². The second kappa shape index (κ2) is 3.89. The standard InChI is InChI=1S/C8H18N/c1-5-9-7-6-8(2,3)4/h5,9H,6-7H2,1-4H3. The van der Waals surface area contributed by atoms with Crippen LogP contribution >= 0.6 is 0 Å². The van der Waals surface area contributed by atoms with Crippen LogP contribution in [0, 0.1) is 12.0 Å². The fourth-order valence-electron chi connectivity index (χ4n) is 0.592. The number of nitrogens with one attached hydrogen (secondary N) is 1. The minimum absolute atomic E-state index is 0.468. The molecule has 0 fully saturated rings. The molecule has 1 radical (unpaired) electrons. The first-order valence-electron chi connectivity index (χ1n) is 3.57. The normalized spacial score (nSPS) is 12.0. The molecule has 0 spiro atoms. The Bertz CT molecular complexity index is 61.5. The summed E-state index contributed by atoms with van der Waals surface area (Å²) >= 11 is 0. The summed E-state index contributed by atoms with van der Waals surface area (Å²) in [6.07, 6.45) is 1.23. The van der Waals surface area contributed by atoms with Crippen molar-refractivity contribution in [2.75, 3.05) is 6.54 Å². The van der Waals surface area contributed by atoms with Crippen LogP contribution in [-0.2, 0) is 0 Å². The largest absolute Gasteiger partial charge is 0.313 e. The van der Waals surface area contributed by atoms with Crippen LogP contribution in [0.5, 0.6) is 0 Å². The summed E-state index contributed by atoms with van der Waals surface area (Å²) in [6, 6.07) is 0. The van der Waals surface area contributed by atoms with Crippen LogP contribution in [0.2, 0.25) is 0 Å². The topological polar surface area (TPSA) is 12.0 Å². The van der Waals surface area contributed by atoms with Gasteiger partial charge in [-0.15, -0.1) is 0 Å². The maximum absolute atomic E-state index is 3.18. The van der Waals surface area contributed by atoms with Crippen LogP contribution in [0.15, 0.2) is 0 Å². The summed E-state index contributed by atoms with van der Waals surface area (Å²) in [7, 11) is 0. The van der Waals surface area contributed by atoms with Crippen LogP contribution < -0.4 is 5.32 Å². The monoisotopic (exact) mass is 128 g/mol. The van der Waals surface area contributed by atoms with Gasteiger partial charge in [0.15, 0.2) is 0 Å². The lowest BCUT2D eigenvalue weighted by molar-refractivity contribution is 0.373. The summed E-state index contributed by atoms with van der Waals surface area (Å²) in [5, 5.41) is 3.18. The van der Waals surface area contributed by atoms with Crippen molar-refractivity contribution in [2.45, 2.75) is 34.1 Å². The molecule has 0 aromatic carbocycles. The number of hydrogen-bond donors (Lipinski definition) is 1. The maximum atomic E-state index is 3.18. The average Bonchev–Trinajstić information content (AvgIpc) is 1.63. The van der Waals surface area contributed by atoms with Crippen LogP contribution in [0.4, 0.5) is 0 Å². The molecule has 0 saturated carbocycles. The van der Waals surface area contributed by atoms with E-state index in [1.165, 1.54) is 6.42 Å². The molecule has 0 saturated heterocycles. The van der Waals surface area contributed by atoms with Gasteiger partial charge in [-0.05, 0) is 25.3 Å². The highest BCUT2D eigenvalue weighted by molar-refractivity contribution is 4.64. The molecular formula is C8H18N. The van der Waals surface area contributed by atoms with Crippen LogP contribution in [0.3, 0.4) is 0 Å². The molecule has 0 aromatic heterocycles. The van der Waals surface area contributed by atoms with E-state index >= 15 is 0 Å². The Labute approximate surface area is 58.8 Å². The molecule has 1 N–H and O–H groups in total. The number of rotatable bonds is 3. The highest BCUT2D eigenvalue weighted by Crippen LogP contribution is 2.16. The van der Waals surface area contributed by atoms with E-state index in [4.69, 9.17) is 0 Å². The van der Waals surface area contributed by atoms with Crippen molar-refractivity contribution in [3.8, 4) is 0 Å². The minimum atomic E-state index is 0.468. The Morgan fingerprint density at radius 1 is 1.33 bits per heavy atom. The van der Waals surface area contributed by atoms with Gasteiger partial charge < -0.3 is 5.32 Å². The first-order valence-corrected chi connectivity index (χ1v) is 3.57. The lowest BCUT2D eigenvalue weighted by Crippen LogP contribution is -2.17. The van der Waals surface area contributed by atoms with Crippen molar-refractivity contribution < 1.29 is 0 Å². The van der Waals surface area contributed by atoms with Gasteiger partial charge in [0.2, 0.25) is 0 Å². The van der Waals surface area contributed by atoms with Crippen molar-refractivity contribution in [3.05, 3.63) is 6.54 Å². The Morgan fingerprint density at radius 3 is 2.22 bits per heavy atom. The number of hydrogen-bond acceptors (Lipinski definition) is 1. The summed E-state index contributed by atoms with van der Waals surface area (Å²) < 4.78 is 0. The highest BCUT2D eigenvalue weighted by atomic mass is 14.8. The van der Waals surface area contributed by atoms with Gasteiger partial charge in [0.1, 0.15) is 0 Å². The molecule has 0 atom stereocenters. The smallest absolute Gasteiger partial charge is 0.0190 e. The molecular weight excluding hydrogens is 110 g/mol. The predicted molar refractivity (Wildman–Crippen MR) is 42.0 cm³/mol. The van der Waals surface area contributed by atoms with Gasteiger partial charge in [0.05, 0.1) is 0 Å². The van der Waals surface area contributed by atoms with Gasteiger partial charge in [-0.3, -0.25) is 0 Å². The molecule has 0 aliphatic carbocycles. The fraction of sp³-hybridized carbons (Fsp3) is 0.875.